The Morgan fingerprint density at radius 2 is 2.06 bits per heavy atom. The number of hydrogen-bond donors (Lipinski definition) is 3. The predicted octanol–water partition coefficient (Wildman–Crippen LogP) is 3.28. The molecule has 0 aliphatic heterocycles. The molecule has 0 bridgehead atoms. The first-order chi connectivity index (χ1) is 8.65. The van der Waals surface area contributed by atoms with Crippen LogP contribution >= 0.6 is 0 Å². The number of imidazole rings is 1. The lowest BCUT2D eigenvalue weighted by Crippen LogP contribution is -2.37. The topological polar surface area (TPSA) is 66.7 Å². The molecule has 1 aromatic heterocycles. The van der Waals surface area contributed by atoms with Gasteiger partial charge in [0.15, 0.2) is 0 Å². The van der Waals surface area contributed by atoms with Crippen LogP contribution in [-0.4, -0.2) is 15.5 Å². The Morgan fingerprint density at radius 1 is 1.28 bits per heavy atom. The van der Waals surface area contributed by atoms with E-state index in [2.05, 4.69) is 22.2 Å². The molecule has 0 atom stereocenters. The summed E-state index contributed by atoms with van der Waals surface area (Å²) in [4.78, 5) is 7.88. The van der Waals surface area contributed by atoms with E-state index in [4.69, 9.17) is 5.73 Å². The Morgan fingerprint density at radius 3 is 2.83 bits per heavy atom. The first-order valence-electron chi connectivity index (χ1n) is 6.68. The molecule has 0 unspecified atom stereocenters. The molecule has 0 saturated heterocycles. The molecule has 1 aliphatic carbocycles. The van der Waals surface area contributed by atoms with Crippen molar-refractivity contribution in [1.29, 1.82) is 0 Å². The van der Waals surface area contributed by atoms with Crippen molar-refractivity contribution in [1.82, 2.24) is 9.97 Å². The maximum Gasteiger partial charge on any atom is 0.201 e. The molecular weight excluding hydrogens is 224 g/mol. The van der Waals surface area contributed by atoms with Crippen molar-refractivity contribution in [2.75, 3.05) is 11.1 Å². The number of nitrogens with zero attached hydrogens (tertiary/aromatic N) is 1. The van der Waals surface area contributed by atoms with Crippen LogP contribution in [-0.2, 0) is 0 Å². The molecule has 1 fully saturated rings. The monoisotopic (exact) mass is 244 g/mol. The summed E-state index contributed by atoms with van der Waals surface area (Å²) in [7, 11) is 0. The van der Waals surface area contributed by atoms with Crippen LogP contribution in [0.3, 0.4) is 0 Å². The largest absolute Gasteiger partial charge is 0.399 e. The number of hydrogen-bond acceptors (Lipinski definition) is 3. The molecule has 1 saturated carbocycles. The van der Waals surface area contributed by atoms with Crippen molar-refractivity contribution in [3.05, 3.63) is 18.2 Å². The third-order valence-corrected chi connectivity index (χ3v) is 3.88. The maximum atomic E-state index is 5.78. The molecule has 2 aromatic rings. The van der Waals surface area contributed by atoms with Gasteiger partial charge in [-0.05, 0) is 38.0 Å². The molecule has 1 heterocycles. The second-order valence-electron chi connectivity index (χ2n) is 5.61. The molecule has 4 heteroatoms. The van der Waals surface area contributed by atoms with Gasteiger partial charge >= 0.3 is 0 Å². The fourth-order valence-corrected chi connectivity index (χ4v) is 2.83. The van der Waals surface area contributed by atoms with Crippen LogP contribution in [0.4, 0.5) is 11.6 Å². The third kappa shape index (κ3) is 2.15. The lowest BCUT2D eigenvalue weighted by Gasteiger charge is -2.34. The number of fused-ring (bicyclic) bond motifs is 1. The smallest absolute Gasteiger partial charge is 0.201 e. The number of nitrogens with one attached hydrogen (secondary N) is 2. The molecule has 1 aromatic carbocycles. The molecule has 4 nitrogen and oxygen atoms in total. The van der Waals surface area contributed by atoms with Crippen molar-refractivity contribution in [3.63, 3.8) is 0 Å². The summed E-state index contributed by atoms with van der Waals surface area (Å²) in [6, 6.07) is 5.77. The Labute approximate surface area is 107 Å². The minimum absolute atomic E-state index is 0.178. The van der Waals surface area contributed by atoms with Crippen LogP contribution in [0.5, 0.6) is 0 Å². The molecule has 96 valence electrons. The highest BCUT2D eigenvalue weighted by atomic mass is 15.2. The van der Waals surface area contributed by atoms with Crippen LogP contribution in [0.2, 0.25) is 0 Å². The molecule has 0 spiro atoms. The van der Waals surface area contributed by atoms with E-state index in [-0.39, 0.29) is 5.54 Å². The second-order valence-corrected chi connectivity index (χ2v) is 5.61. The first kappa shape index (κ1) is 11.4. The number of benzene rings is 1. The Bertz CT molecular complexity index is 552. The van der Waals surface area contributed by atoms with Crippen LogP contribution in [0.15, 0.2) is 18.2 Å². The van der Waals surface area contributed by atoms with Crippen LogP contribution in [0, 0.1) is 0 Å². The van der Waals surface area contributed by atoms with Gasteiger partial charge in [-0.2, -0.15) is 0 Å². The number of rotatable bonds is 2. The van der Waals surface area contributed by atoms with Gasteiger partial charge in [0.2, 0.25) is 5.95 Å². The van der Waals surface area contributed by atoms with E-state index >= 15 is 0 Å². The van der Waals surface area contributed by atoms with Gasteiger partial charge in [-0.1, -0.05) is 19.3 Å². The highest BCUT2D eigenvalue weighted by molar-refractivity contribution is 5.80. The summed E-state index contributed by atoms with van der Waals surface area (Å²) in [6.07, 6.45) is 6.39. The van der Waals surface area contributed by atoms with Gasteiger partial charge in [-0.3, -0.25) is 0 Å². The molecule has 3 rings (SSSR count). The fourth-order valence-electron chi connectivity index (χ4n) is 2.83. The summed E-state index contributed by atoms with van der Waals surface area (Å²) < 4.78 is 0. The SMILES string of the molecule is CC1(Nc2nc3ccc(N)cc3[nH]2)CCCCC1. The molecular formula is C14H20N4. The number of anilines is 2. The number of aromatic amines is 1. The summed E-state index contributed by atoms with van der Waals surface area (Å²) in [5, 5.41) is 3.56. The Kier molecular flexibility index (Phi) is 2.65. The van der Waals surface area contributed by atoms with Crippen molar-refractivity contribution in [3.8, 4) is 0 Å². The Balaban J connectivity index is 1.86. The average Bonchev–Trinajstić information content (AvgIpc) is 2.70. The standard InChI is InChI=1S/C14H20N4/c1-14(7-3-2-4-8-14)18-13-16-11-6-5-10(15)9-12(11)17-13/h5-6,9H,2-4,7-8,15H2,1H3,(H2,16,17,18). The maximum absolute atomic E-state index is 5.78. The summed E-state index contributed by atoms with van der Waals surface area (Å²) in [6.45, 7) is 2.29. The first-order valence-corrected chi connectivity index (χ1v) is 6.68. The van der Waals surface area contributed by atoms with Gasteiger partial charge in [0.05, 0.1) is 11.0 Å². The number of nitrogens with two attached hydrogens (primary N) is 1. The van der Waals surface area contributed by atoms with E-state index < -0.39 is 0 Å². The van der Waals surface area contributed by atoms with E-state index in [9.17, 15) is 0 Å². The van der Waals surface area contributed by atoms with Crippen LogP contribution < -0.4 is 11.1 Å². The Hall–Kier alpha value is -1.71. The lowest BCUT2D eigenvalue weighted by molar-refractivity contribution is 0.348. The van der Waals surface area contributed by atoms with Gasteiger partial charge in [0.25, 0.3) is 0 Å². The molecule has 18 heavy (non-hydrogen) atoms. The van der Waals surface area contributed by atoms with Gasteiger partial charge in [-0.15, -0.1) is 0 Å². The van der Waals surface area contributed by atoms with Gasteiger partial charge in [0.1, 0.15) is 0 Å². The van der Waals surface area contributed by atoms with E-state index in [0.29, 0.717) is 0 Å². The van der Waals surface area contributed by atoms with Crippen LogP contribution in [0.1, 0.15) is 39.0 Å². The van der Waals surface area contributed by atoms with E-state index in [1.807, 2.05) is 18.2 Å². The van der Waals surface area contributed by atoms with Gasteiger partial charge < -0.3 is 16.0 Å². The minimum Gasteiger partial charge on any atom is -0.399 e. The van der Waals surface area contributed by atoms with Gasteiger partial charge in [-0.25, -0.2) is 4.98 Å². The molecule has 0 radical (unpaired) electrons. The quantitative estimate of drug-likeness (QED) is 0.710. The second kappa shape index (κ2) is 4.19. The fraction of sp³-hybridized carbons (Fsp3) is 0.500. The third-order valence-electron chi connectivity index (χ3n) is 3.88. The highest BCUT2D eigenvalue weighted by Crippen LogP contribution is 2.31. The summed E-state index contributed by atoms with van der Waals surface area (Å²) in [5.41, 5.74) is 8.68. The van der Waals surface area contributed by atoms with Crippen molar-refractivity contribution in [2.24, 2.45) is 0 Å². The zero-order valence-corrected chi connectivity index (χ0v) is 10.8. The zero-order valence-electron chi connectivity index (χ0n) is 10.8. The van der Waals surface area contributed by atoms with E-state index in [0.717, 1.165) is 22.7 Å². The number of H-pyrrole nitrogens is 1. The zero-order chi connectivity index (χ0) is 12.6. The van der Waals surface area contributed by atoms with E-state index in [1.54, 1.807) is 0 Å². The number of aromatic nitrogens is 2. The van der Waals surface area contributed by atoms with Crippen molar-refractivity contribution >= 4 is 22.7 Å². The average molecular weight is 244 g/mol. The molecule has 1 aliphatic rings. The van der Waals surface area contributed by atoms with Gasteiger partial charge in [0, 0.05) is 11.2 Å². The summed E-state index contributed by atoms with van der Waals surface area (Å²) >= 11 is 0. The highest BCUT2D eigenvalue weighted by Gasteiger charge is 2.27. The van der Waals surface area contributed by atoms with Crippen molar-refractivity contribution < 1.29 is 0 Å². The molecule has 0 amide bonds. The van der Waals surface area contributed by atoms with Crippen LogP contribution in [0.25, 0.3) is 11.0 Å². The number of nitrogen functional groups attached to an aromatic ring is 1. The predicted molar refractivity (Wildman–Crippen MR) is 75.6 cm³/mol. The summed E-state index contributed by atoms with van der Waals surface area (Å²) in [5.74, 6) is 0.861. The minimum atomic E-state index is 0.178. The van der Waals surface area contributed by atoms with Crippen molar-refractivity contribution in [2.45, 2.75) is 44.6 Å². The molecule has 4 N–H and O–H groups in total. The lowest BCUT2D eigenvalue weighted by atomic mass is 9.83. The van der Waals surface area contributed by atoms with E-state index in [1.165, 1.54) is 32.1 Å². The normalized spacial score (nSPS) is 18.9.